The van der Waals surface area contributed by atoms with Crippen molar-refractivity contribution in [3.8, 4) is 0 Å². The predicted molar refractivity (Wildman–Crippen MR) is 39.3 cm³/mol. The van der Waals surface area contributed by atoms with Crippen LogP contribution < -0.4 is 0 Å². The highest BCUT2D eigenvalue weighted by atomic mass is 16.1. The number of hydrogen-bond acceptors (Lipinski definition) is 1. The molecule has 0 rings (SSSR count). The summed E-state index contributed by atoms with van der Waals surface area (Å²) in [7, 11) is 0. The molecule has 0 aliphatic heterocycles. The topological polar surface area (TPSA) is 17.1 Å². The van der Waals surface area contributed by atoms with Crippen LogP contribution in [0.2, 0.25) is 0 Å². The third-order valence-corrected chi connectivity index (χ3v) is 0.860. The van der Waals surface area contributed by atoms with E-state index in [4.69, 9.17) is 0 Å². The Morgan fingerprint density at radius 3 is 2.22 bits per heavy atom. The molecule has 0 radical (unpaired) electrons. The highest BCUT2D eigenvalue weighted by molar-refractivity contribution is 5.88. The summed E-state index contributed by atoms with van der Waals surface area (Å²) in [6.07, 6.45) is 5.43. The fourth-order valence-electron chi connectivity index (χ4n) is 0.632. The summed E-state index contributed by atoms with van der Waals surface area (Å²) in [5.41, 5.74) is 1.00. The summed E-state index contributed by atoms with van der Waals surface area (Å²) in [6, 6.07) is 0. The van der Waals surface area contributed by atoms with E-state index in [1.54, 1.807) is 13.0 Å². The first-order valence-electron chi connectivity index (χ1n) is 2.98. The molecule has 0 unspecified atom stereocenters. The molecule has 0 heterocycles. The molecule has 0 aliphatic carbocycles. The first kappa shape index (κ1) is 8.15. The van der Waals surface area contributed by atoms with Gasteiger partial charge in [-0.15, -0.1) is 0 Å². The van der Waals surface area contributed by atoms with Crippen LogP contribution in [0.5, 0.6) is 0 Å². The SMILES string of the molecule is CC=CC(C)=CC(C)=O. The molecule has 9 heavy (non-hydrogen) atoms. The summed E-state index contributed by atoms with van der Waals surface area (Å²) in [5.74, 6) is 0.102. The van der Waals surface area contributed by atoms with Crippen molar-refractivity contribution in [2.24, 2.45) is 0 Å². The zero-order valence-electron chi connectivity index (χ0n) is 6.14. The standard InChI is InChI=1S/C8H12O/c1-4-5-7(2)6-8(3)9/h4-6H,1-3H3. The number of carbonyl (C=O) groups is 1. The molecule has 50 valence electrons. The third-order valence-electron chi connectivity index (χ3n) is 0.860. The molecule has 0 bridgehead atoms. The summed E-state index contributed by atoms with van der Waals surface area (Å²) in [5, 5.41) is 0. The maximum Gasteiger partial charge on any atom is 0.152 e. The van der Waals surface area contributed by atoms with E-state index >= 15 is 0 Å². The Morgan fingerprint density at radius 2 is 1.89 bits per heavy atom. The lowest BCUT2D eigenvalue weighted by Gasteiger charge is -1.85. The van der Waals surface area contributed by atoms with Gasteiger partial charge in [0, 0.05) is 0 Å². The van der Waals surface area contributed by atoms with Gasteiger partial charge in [-0.25, -0.2) is 0 Å². The normalized spacial score (nSPS) is 12.6. The average molecular weight is 124 g/mol. The van der Waals surface area contributed by atoms with Gasteiger partial charge in [0.1, 0.15) is 0 Å². The van der Waals surface area contributed by atoms with E-state index in [2.05, 4.69) is 0 Å². The van der Waals surface area contributed by atoms with Gasteiger partial charge < -0.3 is 0 Å². The van der Waals surface area contributed by atoms with Crippen molar-refractivity contribution in [3.63, 3.8) is 0 Å². The molecule has 0 saturated carbocycles. The minimum absolute atomic E-state index is 0.102. The van der Waals surface area contributed by atoms with Crippen LogP contribution in [0.25, 0.3) is 0 Å². The van der Waals surface area contributed by atoms with Crippen LogP contribution in [0.4, 0.5) is 0 Å². The molecule has 1 nitrogen and oxygen atoms in total. The fraction of sp³-hybridized carbons (Fsp3) is 0.375. The Bertz CT molecular complexity index is 152. The molecule has 0 atom stereocenters. The zero-order valence-corrected chi connectivity index (χ0v) is 6.14. The zero-order chi connectivity index (χ0) is 7.28. The van der Waals surface area contributed by atoms with Gasteiger partial charge in [0.2, 0.25) is 0 Å². The van der Waals surface area contributed by atoms with Gasteiger partial charge in [0.25, 0.3) is 0 Å². The number of rotatable bonds is 2. The highest BCUT2D eigenvalue weighted by Crippen LogP contribution is 1.93. The van der Waals surface area contributed by atoms with Gasteiger partial charge in [-0.3, -0.25) is 4.79 Å². The minimum Gasteiger partial charge on any atom is -0.295 e. The quantitative estimate of drug-likeness (QED) is 0.407. The number of ketones is 1. The van der Waals surface area contributed by atoms with Crippen LogP contribution in [0.3, 0.4) is 0 Å². The second-order valence-electron chi connectivity index (χ2n) is 2.00. The summed E-state index contributed by atoms with van der Waals surface area (Å²) >= 11 is 0. The van der Waals surface area contributed by atoms with Crippen LogP contribution >= 0.6 is 0 Å². The van der Waals surface area contributed by atoms with E-state index in [-0.39, 0.29) is 5.78 Å². The van der Waals surface area contributed by atoms with Crippen LogP contribution in [0, 0.1) is 0 Å². The van der Waals surface area contributed by atoms with Gasteiger partial charge in [0.15, 0.2) is 5.78 Å². The Morgan fingerprint density at radius 1 is 1.33 bits per heavy atom. The molecule has 0 aromatic rings. The summed E-state index contributed by atoms with van der Waals surface area (Å²) < 4.78 is 0. The summed E-state index contributed by atoms with van der Waals surface area (Å²) in [4.78, 5) is 10.4. The smallest absolute Gasteiger partial charge is 0.152 e. The average Bonchev–Trinajstić information content (AvgIpc) is 1.63. The number of carbonyl (C=O) groups excluding carboxylic acids is 1. The second kappa shape index (κ2) is 4.07. The lowest BCUT2D eigenvalue weighted by molar-refractivity contribution is -0.112. The third kappa shape index (κ3) is 5.01. The second-order valence-corrected chi connectivity index (χ2v) is 2.00. The van der Waals surface area contributed by atoms with Crippen LogP contribution in [0.1, 0.15) is 20.8 Å². The van der Waals surface area contributed by atoms with Crippen molar-refractivity contribution in [2.45, 2.75) is 20.8 Å². The van der Waals surface area contributed by atoms with Gasteiger partial charge in [-0.2, -0.15) is 0 Å². The largest absolute Gasteiger partial charge is 0.295 e. The van der Waals surface area contributed by atoms with E-state index in [9.17, 15) is 4.79 Å². The Labute approximate surface area is 56.1 Å². The Hall–Kier alpha value is -0.850. The molecular formula is C8H12O. The predicted octanol–water partition coefficient (Wildman–Crippen LogP) is 2.10. The molecule has 0 aliphatic rings. The van der Waals surface area contributed by atoms with Crippen molar-refractivity contribution < 1.29 is 4.79 Å². The molecule has 0 spiro atoms. The molecular weight excluding hydrogens is 112 g/mol. The van der Waals surface area contributed by atoms with Gasteiger partial charge in [-0.05, 0) is 32.4 Å². The van der Waals surface area contributed by atoms with Gasteiger partial charge in [-0.1, -0.05) is 12.2 Å². The van der Waals surface area contributed by atoms with Crippen molar-refractivity contribution in [1.29, 1.82) is 0 Å². The molecule has 0 N–H and O–H groups in total. The van der Waals surface area contributed by atoms with E-state index < -0.39 is 0 Å². The Kier molecular flexibility index (Phi) is 3.69. The first-order valence-corrected chi connectivity index (χ1v) is 2.98. The van der Waals surface area contributed by atoms with Crippen LogP contribution in [-0.4, -0.2) is 5.78 Å². The van der Waals surface area contributed by atoms with Crippen molar-refractivity contribution in [3.05, 3.63) is 23.8 Å². The monoisotopic (exact) mass is 124 g/mol. The Balaban J connectivity index is 4.00. The molecule has 0 saturated heterocycles. The minimum atomic E-state index is 0.102. The molecule has 1 heteroatoms. The van der Waals surface area contributed by atoms with Gasteiger partial charge >= 0.3 is 0 Å². The van der Waals surface area contributed by atoms with E-state index in [0.29, 0.717) is 0 Å². The van der Waals surface area contributed by atoms with Crippen molar-refractivity contribution >= 4 is 5.78 Å². The first-order chi connectivity index (χ1) is 4.16. The van der Waals surface area contributed by atoms with E-state index in [1.807, 2.05) is 26.0 Å². The maximum atomic E-state index is 10.4. The van der Waals surface area contributed by atoms with E-state index in [0.717, 1.165) is 5.57 Å². The molecule has 0 fully saturated rings. The lowest BCUT2D eigenvalue weighted by atomic mass is 10.2. The molecule has 0 amide bonds. The highest BCUT2D eigenvalue weighted by Gasteiger charge is 1.83. The van der Waals surface area contributed by atoms with Gasteiger partial charge in [0.05, 0.1) is 0 Å². The fourth-order valence-corrected chi connectivity index (χ4v) is 0.632. The van der Waals surface area contributed by atoms with Crippen molar-refractivity contribution in [1.82, 2.24) is 0 Å². The van der Waals surface area contributed by atoms with Crippen molar-refractivity contribution in [2.75, 3.05) is 0 Å². The molecule has 0 aromatic heterocycles. The number of hydrogen-bond donors (Lipinski definition) is 0. The lowest BCUT2D eigenvalue weighted by Crippen LogP contribution is -1.81. The van der Waals surface area contributed by atoms with E-state index in [1.165, 1.54) is 0 Å². The van der Waals surface area contributed by atoms with Crippen LogP contribution in [0.15, 0.2) is 23.8 Å². The number of allylic oxidation sites excluding steroid dienone is 4. The maximum absolute atomic E-state index is 10.4. The van der Waals surface area contributed by atoms with Crippen LogP contribution in [-0.2, 0) is 4.79 Å². The molecule has 0 aromatic carbocycles. The summed E-state index contributed by atoms with van der Waals surface area (Å²) in [6.45, 7) is 5.38.